The summed E-state index contributed by atoms with van der Waals surface area (Å²) in [4.78, 5) is 12.9. The van der Waals surface area contributed by atoms with Crippen LogP contribution in [0.3, 0.4) is 0 Å². The number of aldehydes is 1. The van der Waals surface area contributed by atoms with Crippen molar-refractivity contribution >= 4 is 17.7 Å². The van der Waals surface area contributed by atoms with Gasteiger partial charge in [0.1, 0.15) is 0 Å². The van der Waals surface area contributed by atoms with Crippen LogP contribution in [0.25, 0.3) is 0 Å². The molecule has 0 aliphatic carbocycles. The maximum atomic E-state index is 10.9. The monoisotopic (exact) mass is 216 g/mol. The normalized spacial score (nSPS) is 20.0. The van der Waals surface area contributed by atoms with Crippen molar-refractivity contribution in [3.63, 3.8) is 0 Å². The number of rotatable bonds is 2. The van der Waals surface area contributed by atoms with E-state index in [1.165, 1.54) is 0 Å². The molecule has 16 heavy (non-hydrogen) atoms. The number of carbonyl (C=O) groups excluding carboxylic acids is 1. The molecular weight excluding hydrogens is 202 g/mol. The topological polar surface area (TPSA) is 44.7 Å². The first-order chi connectivity index (χ1) is 7.70. The molecule has 0 saturated heterocycles. The minimum Gasteiger partial charge on any atom is -0.339 e. The predicted molar refractivity (Wildman–Crippen MR) is 63.5 cm³/mol. The Morgan fingerprint density at radius 1 is 1.56 bits per heavy atom. The third-order valence-corrected chi connectivity index (χ3v) is 2.53. The standard InChI is InChI=1S/C12H14N3O/c1-9-3-5-11(6-4-9)15-7-10(2)13-14-12(15)8-16/h3,5-6,8,12,14H,7H2,1-2H3. The Bertz CT molecular complexity index is 411. The van der Waals surface area contributed by atoms with Crippen molar-refractivity contribution in [3.8, 4) is 0 Å². The third kappa shape index (κ3) is 2.05. The number of hydrogen-bond donors (Lipinski definition) is 1. The molecule has 1 aliphatic rings. The molecule has 1 aromatic carbocycles. The Morgan fingerprint density at radius 2 is 2.38 bits per heavy atom. The van der Waals surface area contributed by atoms with Gasteiger partial charge in [0.2, 0.25) is 0 Å². The molecule has 0 fully saturated rings. The number of carbonyl (C=O) groups is 1. The fourth-order valence-electron chi connectivity index (χ4n) is 1.66. The molecule has 83 valence electrons. The first-order valence-electron chi connectivity index (χ1n) is 5.19. The molecule has 4 heteroatoms. The second-order valence-corrected chi connectivity index (χ2v) is 3.91. The van der Waals surface area contributed by atoms with Gasteiger partial charge in [-0.05, 0) is 37.6 Å². The minimum atomic E-state index is -0.389. The van der Waals surface area contributed by atoms with Gasteiger partial charge in [-0.2, -0.15) is 5.10 Å². The Kier molecular flexibility index (Phi) is 2.90. The van der Waals surface area contributed by atoms with Crippen molar-refractivity contribution in [1.82, 2.24) is 5.43 Å². The summed E-state index contributed by atoms with van der Waals surface area (Å²) in [5.74, 6) is 0. The molecular formula is C12H14N3O. The summed E-state index contributed by atoms with van der Waals surface area (Å²) in [5, 5.41) is 4.06. The predicted octanol–water partition coefficient (Wildman–Crippen LogP) is 1.11. The summed E-state index contributed by atoms with van der Waals surface area (Å²) >= 11 is 0. The van der Waals surface area contributed by atoms with Gasteiger partial charge in [0.25, 0.3) is 0 Å². The summed E-state index contributed by atoms with van der Waals surface area (Å²) in [5.41, 5.74) is 5.83. The van der Waals surface area contributed by atoms with Crippen LogP contribution in [0.15, 0.2) is 23.3 Å². The van der Waals surface area contributed by atoms with Crippen molar-refractivity contribution < 1.29 is 4.79 Å². The summed E-state index contributed by atoms with van der Waals surface area (Å²) < 4.78 is 0. The third-order valence-electron chi connectivity index (χ3n) is 2.53. The molecule has 1 aliphatic heterocycles. The molecule has 4 nitrogen and oxygen atoms in total. The highest BCUT2D eigenvalue weighted by molar-refractivity contribution is 5.89. The lowest BCUT2D eigenvalue weighted by molar-refractivity contribution is -0.109. The maximum Gasteiger partial charge on any atom is 0.172 e. The van der Waals surface area contributed by atoms with Gasteiger partial charge in [-0.1, -0.05) is 6.07 Å². The summed E-state index contributed by atoms with van der Waals surface area (Å²) in [7, 11) is 0. The van der Waals surface area contributed by atoms with E-state index in [9.17, 15) is 4.79 Å². The summed E-state index contributed by atoms with van der Waals surface area (Å²) in [6, 6.07) is 9.00. The maximum absolute atomic E-state index is 10.9. The molecule has 1 aromatic rings. The minimum absolute atomic E-state index is 0.389. The molecule has 1 N–H and O–H groups in total. The van der Waals surface area contributed by atoms with Crippen molar-refractivity contribution in [2.24, 2.45) is 5.10 Å². The zero-order valence-electron chi connectivity index (χ0n) is 9.40. The largest absolute Gasteiger partial charge is 0.339 e. The molecule has 0 amide bonds. The van der Waals surface area contributed by atoms with E-state index in [1.807, 2.05) is 36.9 Å². The molecule has 0 bridgehead atoms. The number of hydrazone groups is 1. The first kappa shape index (κ1) is 10.7. The molecule has 0 saturated carbocycles. The highest BCUT2D eigenvalue weighted by Crippen LogP contribution is 2.17. The van der Waals surface area contributed by atoms with Gasteiger partial charge in [-0.25, -0.2) is 0 Å². The number of anilines is 1. The Hall–Kier alpha value is -1.84. The number of nitrogens with one attached hydrogen (secondary N) is 1. The van der Waals surface area contributed by atoms with Crippen LogP contribution in [0.1, 0.15) is 12.5 Å². The molecule has 1 atom stereocenters. The van der Waals surface area contributed by atoms with Crippen LogP contribution in [0.2, 0.25) is 0 Å². The molecule has 0 aromatic heterocycles. The number of benzene rings is 1. The van der Waals surface area contributed by atoms with E-state index in [-0.39, 0.29) is 6.17 Å². The average molecular weight is 216 g/mol. The van der Waals surface area contributed by atoms with E-state index in [1.54, 1.807) is 0 Å². The van der Waals surface area contributed by atoms with E-state index in [4.69, 9.17) is 0 Å². The van der Waals surface area contributed by atoms with Crippen molar-refractivity contribution in [1.29, 1.82) is 0 Å². The number of aryl methyl sites for hydroxylation is 1. The van der Waals surface area contributed by atoms with Crippen LogP contribution < -0.4 is 10.3 Å². The highest BCUT2D eigenvalue weighted by atomic mass is 16.1. The van der Waals surface area contributed by atoms with Gasteiger partial charge >= 0.3 is 0 Å². The smallest absolute Gasteiger partial charge is 0.172 e. The fourth-order valence-corrected chi connectivity index (χ4v) is 1.66. The van der Waals surface area contributed by atoms with E-state index < -0.39 is 0 Å². The van der Waals surface area contributed by atoms with Gasteiger partial charge in [0.05, 0.1) is 12.3 Å². The number of nitrogens with zero attached hydrogens (tertiary/aromatic N) is 2. The zero-order valence-corrected chi connectivity index (χ0v) is 9.40. The second-order valence-electron chi connectivity index (χ2n) is 3.91. The Morgan fingerprint density at radius 3 is 3.00 bits per heavy atom. The summed E-state index contributed by atoms with van der Waals surface area (Å²) in [6.07, 6.45) is 0.468. The molecule has 1 unspecified atom stereocenters. The van der Waals surface area contributed by atoms with E-state index in [0.717, 1.165) is 23.2 Å². The van der Waals surface area contributed by atoms with Gasteiger partial charge in [0.15, 0.2) is 12.5 Å². The van der Waals surface area contributed by atoms with Crippen LogP contribution in [0, 0.1) is 13.0 Å². The Balaban J connectivity index is 2.27. The van der Waals surface area contributed by atoms with E-state index in [2.05, 4.69) is 16.6 Å². The van der Waals surface area contributed by atoms with Crippen LogP contribution in [-0.4, -0.2) is 24.7 Å². The van der Waals surface area contributed by atoms with Gasteiger partial charge in [-0.3, -0.25) is 10.2 Å². The van der Waals surface area contributed by atoms with Crippen LogP contribution in [0.5, 0.6) is 0 Å². The van der Waals surface area contributed by atoms with Gasteiger partial charge < -0.3 is 4.90 Å². The quantitative estimate of drug-likeness (QED) is 0.753. The zero-order chi connectivity index (χ0) is 11.5. The molecule has 1 heterocycles. The molecule has 1 radical (unpaired) electrons. The van der Waals surface area contributed by atoms with Gasteiger partial charge in [0, 0.05) is 5.69 Å². The lowest BCUT2D eigenvalue weighted by Gasteiger charge is -2.33. The van der Waals surface area contributed by atoms with E-state index >= 15 is 0 Å². The van der Waals surface area contributed by atoms with Crippen LogP contribution in [0.4, 0.5) is 5.69 Å². The van der Waals surface area contributed by atoms with Crippen molar-refractivity contribution in [3.05, 3.63) is 29.8 Å². The van der Waals surface area contributed by atoms with Crippen LogP contribution in [-0.2, 0) is 4.79 Å². The number of hydrogen-bond acceptors (Lipinski definition) is 4. The van der Waals surface area contributed by atoms with Crippen molar-refractivity contribution in [2.75, 3.05) is 11.4 Å². The SMILES string of the molecule is CC1=NNC(C=O)N(c2c[c]c(C)cc2)C1. The second kappa shape index (κ2) is 4.35. The van der Waals surface area contributed by atoms with Gasteiger partial charge in [-0.15, -0.1) is 0 Å². The van der Waals surface area contributed by atoms with Crippen LogP contribution >= 0.6 is 0 Å². The summed E-state index contributed by atoms with van der Waals surface area (Å²) in [6.45, 7) is 4.58. The van der Waals surface area contributed by atoms with Crippen molar-refractivity contribution in [2.45, 2.75) is 20.0 Å². The highest BCUT2D eigenvalue weighted by Gasteiger charge is 2.21. The Labute approximate surface area is 95.0 Å². The lowest BCUT2D eigenvalue weighted by Crippen LogP contribution is -2.51. The van der Waals surface area contributed by atoms with E-state index in [0.29, 0.717) is 6.54 Å². The lowest BCUT2D eigenvalue weighted by atomic mass is 10.2. The molecule has 2 rings (SSSR count). The molecule has 0 spiro atoms. The fraction of sp³-hybridized carbons (Fsp3) is 0.333. The average Bonchev–Trinajstić information content (AvgIpc) is 2.30. The first-order valence-corrected chi connectivity index (χ1v) is 5.19.